The van der Waals surface area contributed by atoms with Crippen LogP contribution in [0.2, 0.25) is 18.1 Å². The van der Waals surface area contributed by atoms with Gasteiger partial charge in [0.15, 0.2) is 19.9 Å². The Bertz CT molecular complexity index is 688. The van der Waals surface area contributed by atoms with Gasteiger partial charge in [0, 0.05) is 5.56 Å². The van der Waals surface area contributed by atoms with E-state index in [0.717, 1.165) is 35.6 Å². The summed E-state index contributed by atoms with van der Waals surface area (Å²) in [6.07, 6.45) is 1.16. The third-order valence-corrected chi connectivity index (χ3v) is 9.51. The largest absolute Gasteiger partial charge is 0.496 e. The second kappa shape index (κ2) is 8.80. The van der Waals surface area contributed by atoms with Crippen molar-refractivity contribution in [3.63, 3.8) is 0 Å². The predicted molar refractivity (Wildman–Crippen MR) is 100 cm³/mol. The van der Waals surface area contributed by atoms with Crippen molar-refractivity contribution in [3.8, 4) is 11.8 Å². The van der Waals surface area contributed by atoms with Gasteiger partial charge in [0.1, 0.15) is 12.4 Å². The molecule has 0 amide bonds. The van der Waals surface area contributed by atoms with Gasteiger partial charge in [-0.1, -0.05) is 39.0 Å². The van der Waals surface area contributed by atoms with Crippen LogP contribution in [0.4, 0.5) is 10.2 Å². The van der Waals surface area contributed by atoms with E-state index in [0.29, 0.717) is 0 Å². The fourth-order valence-corrected chi connectivity index (χ4v) is 5.45. The Labute approximate surface area is 149 Å². The normalized spacial score (nSPS) is 11.2. The lowest BCUT2D eigenvalue weighted by molar-refractivity contribution is 0.273. The van der Waals surface area contributed by atoms with E-state index in [1.54, 1.807) is 7.11 Å². The van der Waals surface area contributed by atoms with Crippen molar-refractivity contribution in [1.29, 1.82) is 0 Å². The number of rotatable bonds is 9. The smallest absolute Gasteiger partial charge is 0.318 e. The Kier molecular flexibility index (Phi) is 6.75. The molecular formula is C18H26FN3O2Si. The Morgan fingerprint density at radius 2 is 1.80 bits per heavy atom. The van der Waals surface area contributed by atoms with Crippen LogP contribution in [0.15, 0.2) is 30.5 Å². The zero-order chi connectivity index (χ0) is 18.3. The zero-order valence-electron chi connectivity index (χ0n) is 15.3. The van der Waals surface area contributed by atoms with Crippen LogP contribution in [0.3, 0.4) is 0 Å². The molecule has 1 heterocycles. The van der Waals surface area contributed by atoms with Gasteiger partial charge in [0.05, 0.1) is 13.3 Å². The molecule has 2 rings (SSSR count). The van der Waals surface area contributed by atoms with Crippen molar-refractivity contribution < 1.29 is 13.9 Å². The molecule has 7 heteroatoms. The van der Waals surface area contributed by atoms with Gasteiger partial charge in [0.2, 0.25) is 0 Å². The van der Waals surface area contributed by atoms with Crippen molar-refractivity contribution in [3.05, 3.63) is 41.8 Å². The highest BCUT2D eigenvalue weighted by Crippen LogP contribution is 2.25. The van der Waals surface area contributed by atoms with Crippen LogP contribution in [0.1, 0.15) is 26.3 Å². The Balaban J connectivity index is 2.15. The van der Waals surface area contributed by atoms with Gasteiger partial charge in [-0.3, -0.25) is 0 Å². The van der Waals surface area contributed by atoms with E-state index >= 15 is 0 Å². The minimum atomic E-state index is -1.77. The van der Waals surface area contributed by atoms with Gasteiger partial charge < -0.3 is 14.5 Å². The third kappa shape index (κ3) is 4.69. The highest BCUT2D eigenvalue weighted by molar-refractivity contribution is 6.82. The maximum absolute atomic E-state index is 14.2. The van der Waals surface area contributed by atoms with Crippen molar-refractivity contribution in [2.75, 3.05) is 12.1 Å². The van der Waals surface area contributed by atoms with Crippen LogP contribution in [0, 0.1) is 5.82 Å². The van der Waals surface area contributed by atoms with Gasteiger partial charge in [-0.05, 0) is 24.2 Å². The summed E-state index contributed by atoms with van der Waals surface area (Å²) in [5.41, 5.74) is 0.881. The van der Waals surface area contributed by atoms with E-state index in [1.807, 2.05) is 24.3 Å². The first kappa shape index (κ1) is 19.2. The lowest BCUT2D eigenvalue weighted by atomic mass is 10.2. The molecule has 0 bridgehead atoms. The van der Waals surface area contributed by atoms with Crippen LogP contribution >= 0.6 is 0 Å². The van der Waals surface area contributed by atoms with Gasteiger partial charge >= 0.3 is 6.01 Å². The number of anilines is 1. The minimum Gasteiger partial charge on any atom is -0.496 e. The topological polar surface area (TPSA) is 56.3 Å². The van der Waals surface area contributed by atoms with E-state index < -0.39 is 14.1 Å². The summed E-state index contributed by atoms with van der Waals surface area (Å²) in [4.78, 5) is 11.6. The lowest BCUT2D eigenvalue weighted by Crippen LogP contribution is -2.42. The first-order valence-electron chi connectivity index (χ1n) is 8.62. The minimum absolute atomic E-state index is 0.154. The van der Waals surface area contributed by atoms with Crippen molar-refractivity contribution in [1.82, 2.24) is 9.97 Å². The van der Waals surface area contributed by atoms with E-state index in [-0.39, 0.29) is 18.4 Å². The summed E-state index contributed by atoms with van der Waals surface area (Å²) in [6.45, 7) is 6.69. The molecule has 0 aliphatic rings. The maximum Gasteiger partial charge on any atom is 0.318 e. The van der Waals surface area contributed by atoms with Crippen LogP contribution in [0.25, 0.3) is 0 Å². The van der Waals surface area contributed by atoms with Crippen molar-refractivity contribution in [2.24, 2.45) is 0 Å². The molecule has 0 spiro atoms. The molecule has 136 valence electrons. The quantitative estimate of drug-likeness (QED) is 0.659. The number of nitrogens with one attached hydrogen (secondary N) is 1. The Hall–Kier alpha value is -2.15. The average Bonchev–Trinajstić information content (AvgIpc) is 2.66. The number of hydrogen-bond acceptors (Lipinski definition) is 5. The van der Waals surface area contributed by atoms with E-state index in [4.69, 9.17) is 9.47 Å². The third-order valence-electron chi connectivity index (χ3n) is 4.69. The molecule has 2 aromatic rings. The molecule has 1 aromatic heterocycles. The number of ether oxygens (including phenoxy) is 2. The summed E-state index contributed by atoms with van der Waals surface area (Å²) >= 11 is 0. The fraction of sp³-hybridized carbons (Fsp3) is 0.444. The standard InChI is InChI=1S/C18H26FN3O2Si/c1-5-25(6-2,7-3)22-17-15(19)12-20-18(21-17)24-13-14-10-8-9-11-16(14)23-4/h8-12H,5-7,13H2,1-4H3,(H,20,21,22). The molecule has 25 heavy (non-hydrogen) atoms. The summed E-state index contributed by atoms with van der Waals surface area (Å²) in [5, 5.41) is 0. The molecule has 0 atom stereocenters. The molecule has 0 fully saturated rings. The molecule has 1 aromatic carbocycles. The van der Waals surface area contributed by atoms with Gasteiger partial charge in [-0.2, -0.15) is 4.98 Å². The van der Waals surface area contributed by atoms with E-state index in [9.17, 15) is 4.39 Å². The molecule has 0 saturated carbocycles. The molecule has 0 aliphatic carbocycles. The molecule has 0 radical (unpaired) electrons. The highest BCUT2D eigenvalue weighted by Gasteiger charge is 2.29. The van der Waals surface area contributed by atoms with Gasteiger partial charge in [0.25, 0.3) is 0 Å². The molecule has 5 nitrogen and oxygen atoms in total. The number of halogens is 1. The number of aromatic nitrogens is 2. The van der Waals surface area contributed by atoms with E-state index in [2.05, 4.69) is 35.7 Å². The second-order valence-corrected chi connectivity index (χ2v) is 10.8. The first-order chi connectivity index (χ1) is 12.1. The maximum atomic E-state index is 14.2. The van der Waals surface area contributed by atoms with Crippen molar-refractivity contribution >= 4 is 14.1 Å². The van der Waals surface area contributed by atoms with E-state index in [1.165, 1.54) is 0 Å². The first-order valence-corrected chi connectivity index (χ1v) is 11.2. The Morgan fingerprint density at radius 1 is 1.12 bits per heavy atom. The van der Waals surface area contributed by atoms with Gasteiger partial charge in [-0.15, -0.1) is 0 Å². The molecule has 0 unspecified atom stereocenters. The average molecular weight is 364 g/mol. The lowest BCUT2D eigenvalue weighted by Gasteiger charge is -2.29. The van der Waals surface area contributed by atoms with Crippen LogP contribution in [-0.4, -0.2) is 25.3 Å². The molecule has 0 aliphatic heterocycles. The monoisotopic (exact) mass is 363 g/mol. The number of hydrogen-bond donors (Lipinski definition) is 1. The SMILES string of the molecule is CC[Si](CC)(CC)Nc1nc(OCc2ccccc2OC)ncc1F. The predicted octanol–water partition coefficient (Wildman–Crippen LogP) is 4.62. The Morgan fingerprint density at radius 3 is 2.44 bits per heavy atom. The summed E-state index contributed by atoms with van der Waals surface area (Å²) < 4.78 is 25.1. The number of methoxy groups -OCH3 is 1. The number of nitrogens with zero attached hydrogens (tertiary/aromatic N) is 2. The summed E-state index contributed by atoms with van der Waals surface area (Å²) in [7, 11) is -0.159. The molecule has 1 N–H and O–H groups in total. The molecular weight excluding hydrogens is 337 g/mol. The molecule has 0 saturated heterocycles. The summed E-state index contributed by atoms with van der Waals surface area (Å²) in [5.74, 6) is 0.524. The van der Waals surface area contributed by atoms with Gasteiger partial charge in [-0.25, -0.2) is 9.37 Å². The van der Waals surface area contributed by atoms with Crippen LogP contribution < -0.4 is 14.5 Å². The van der Waals surface area contributed by atoms with Crippen LogP contribution in [-0.2, 0) is 6.61 Å². The number of para-hydroxylation sites is 1. The number of benzene rings is 1. The zero-order valence-corrected chi connectivity index (χ0v) is 16.3. The summed E-state index contributed by atoms with van der Waals surface area (Å²) in [6, 6.07) is 10.8. The van der Waals surface area contributed by atoms with Crippen LogP contribution in [0.5, 0.6) is 11.8 Å². The fourth-order valence-electron chi connectivity index (χ4n) is 2.74. The van der Waals surface area contributed by atoms with Crippen molar-refractivity contribution in [2.45, 2.75) is 45.5 Å². The second-order valence-electron chi connectivity index (χ2n) is 5.92. The highest BCUT2D eigenvalue weighted by atomic mass is 28.3.